The average molecular weight is 391 g/mol. The van der Waals surface area contributed by atoms with Crippen molar-refractivity contribution in [2.45, 2.75) is 0 Å². The number of nitrogens with one attached hydrogen (secondary N) is 1. The molecule has 1 aromatic carbocycles. The Kier molecular flexibility index (Phi) is 4.20. The summed E-state index contributed by atoms with van der Waals surface area (Å²) in [5.74, 6) is 0.980. The van der Waals surface area contributed by atoms with E-state index in [4.69, 9.17) is 4.42 Å². The monoisotopic (exact) mass is 391 g/mol. The van der Waals surface area contributed by atoms with Gasteiger partial charge in [-0.1, -0.05) is 30.3 Å². The molecule has 2 aromatic heterocycles. The molecule has 0 aliphatic carbocycles. The summed E-state index contributed by atoms with van der Waals surface area (Å²) < 4.78 is 6.16. The first-order chi connectivity index (χ1) is 10.3. The minimum atomic E-state index is 0.328. The number of furan rings is 1. The standard InChI is InChI=1S/C14H10IN5O/c15-13-7-6-11(21-13)8-16-19-14-18-12(9-17-20-14)10-4-2-1-3-5-10/h1-9H,(H,18,19,20)/b16-8-. The molecule has 0 aliphatic heterocycles. The van der Waals surface area contributed by atoms with E-state index in [2.05, 4.69) is 48.3 Å². The molecule has 7 heteroatoms. The molecular formula is C14H10IN5O. The van der Waals surface area contributed by atoms with E-state index in [0.29, 0.717) is 11.7 Å². The highest BCUT2D eigenvalue weighted by molar-refractivity contribution is 14.1. The van der Waals surface area contributed by atoms with Crippen molar-refractivity contribution in [1.29, 1.82) is 0 Å². The normalized spacial score (nSPS) is 10.9. The molecule has 3 rings (SSSR count). The lowest BCUT2D eigenvalue weighted by Crippen LogP contribution is -1.99. The number of hydrazone groups is 1. The molecule has 6 nitrogen and oxygen atoms in total. The fourth-order valence-electron chi connectivity index (χ4n) is 1.65. The molecule has 1 N–H and O–H groups in total. The van der Waals surface area contributed by atoms with E-state index < -0.39 is 0 Å². The molecule has 104 valence electrons. The minimum absolute atomic E-state index is 0.328. The van der Waals surface area contributed by atoms with Gasteiger partial charge >= 0.3 is 0 Å². The van der Waals surface area contributed by atoms with Gasteiger partial charge in [0.15, 0.2) is 3.77 Å². The van der Waals surface area contributed by atoms with Crippen LogP contribution < -0.4 is 5.43 Å². The highest BCUT2D eigenvalue weighted by Gasteiger charge is 2.02. The Bertz CT molecular complexity index is 757. The van der Waals surface area contributed by atoms with Gasteiger partial charge in [0.05, 0.1) is 18.1 Å². The third-order valence-electron chi connectivity index (χ3n) is 2.58. The third kappa shape index (κ3) is 3.63. The van der Waals surface area contributed by atoms with Gasteiger partial charge in [-0.25, -0.2) is 10.4 Å². The second-order valence-corrected chi connectivity index (χ2v) is 5.11. The van der Waals surface area contributed by atoms with E-state index in [9.17, 15) is 0 Å². The summed E-state index contributed by atoms with van der Waals surface area (Å²) in [6, 6.07) is 13.4. The van der Waals surface area contributed by atoms with Crippen LogP contribution in [0.15, 0.2) is 58.2 Å². The van der Waals surface area contributed by atoms with Crippen LogP contribution in [-0.2, 0) is 0 Å². The molecule has 2 heterocycles. The Morgan fingerprint density at radius 1 is 1.14 bits per heavy atom. The maximum atomic E-state index is 5.36. The predicted molar refractivity (Wildman–Crippen MR) is 87.9 cm³/mol. The van der Waals surface area contributed by atoms with Crippen LogP contribution >= 0.6 is 22.6 Å². The summed E-state index contributed by atoms with van der Waals surface area (Å²) in [5, 5.41) is 11.8. The molecule has 0 radical (unpaired) electrons. The zero-order chi connectivity index (χ0) is 14.5. The maximum Gasteiger partial charge on any atom is 0.263 e. The summed E-state index contributed by atoms with van der Waals surface area (Å²) >= 11 is 2.09. The van der Waals surface area contributed by atoms with Gasteiger partial charge in [-0.3, -0.25) is 0 Å². The number of aromatic nitrogens is 3. The SMILES string of the molecule is Ic1ccc(/C=N\Nc2nncc(-c3ccccc3)n2)o1. The lowest BCUT2D eigenvalue weighted by atomic mass is 10.2. The Hall–Kier alpha value is -2.29. The van der Waals surface area contributed by atoms with Crippen molar-refractivity contribution in [3.63, 3.8) is 0 Å². The minimum Gasteiger partial charge on any atom is -0.449 e. The summed E-state index contributed by atoms with van der Waals surface area (Å²) in [5.41, 5.74) is 4.44. The molecule has 0 atom stereocenters. The Morgan fingerprint density at radius 2 is 2.00 bits per heavy atom. The van der Waals surface area contributed by atoms with Crippen molar-refractivity contribution in [3.05, 3.63) is 58.2 Å². The van der Waals surface area contributed by atoms with E-state index in [0.717, 1.165) is 15.0 Å². The molecule has 21 heavy (non-hydrogen) atoms. The van der Waals surface area contributed by atoms with Gasteiger partial charge in [-0.05, 0) is 34.7 Å². The van der Waals surface area contributed by atoms with E-state index in [1.807, 2.05) is 42.5 Å². The molecule has 0 saturated heterocycles. The summed E-state index contributed by atoms with van der Waals surface area (Å²) in [6.07, 6.45) is 3.17. The van der Waals surface area contributed by atoms with Crippen molar-refractivity contribution >= 4 is 34.8 Å². The third-order valence-corrected chi connectivity index (χ3v) is 3.16. The number of benzene rings is 1. The highest BCUT2D eigenvalue weighted by Crippen LogP contribution is 2.15. The topological polar surface area (TPSA) is 76.2 Å². The van der Waals surface area contributed by atoms with Gasteiger partial charge in [-0.15, -0.1) is 5.10 Å². The largest absolute Gasteiger partial charge is 0.449 e. The number of rotatable bonds is 4. The smallest absolute Gasteiger partial charge is 0.263 e. The van der Waals surface area contributed by atoms with Crippen LogP contribution in [0.25, 0.3) is 11.3 Å². The summed E-state index contributed by atoms with van der Waals surface area (Å²) in [6.45, 7) is 0. The molecule has 0 bridgehead atoms. The molecule has 0 spiro atoms. The maximum absolute atomic E-state index is 5.36. The molecule has 3 aromatic rings. The molecule has 0 aliphatic rings. The lowest BCUT2D eigenvalue weighted by molar-refractivity contribution is 0.531. The van der Waals surface area contributed by atoms with Crippen molar-refractivity contribution < 1.29 is 4.42 Å². The number of hydrogen-bond donors (Lipinski definition) is 1. The van der Waals surface area contributed by atoms with Gasteiger partial charge in [0.25, 0.3) is 5.95 Å². The van der Waals surface area contributed by atoms with E-state index >= 15 is 0 Å². The van der Waals surface area contributed by atoms with Crippen LogP contribution in [0.5, 0.6) is 0 Å². The zero-order valence-electron chi connectivity index (χ0n) is 10.8. The first-order valence-corrected chi connectivity index (χ1v) is 7.19. The van der Waals surface area contributed by atoms with Crippen LogP contribution in [-0.4, -0.2) is 21.4 Å². The lowest BCUT2D eigenvalue weighted by Gasteiger charge is -2.01. The van der Waals surface area contributed by atoms with Crippen molar-refractivity contribution in [2.75, 3.05) is 5.43 Å². The first kappa shape index (κ1) is 13.7. The van der Waals surface area contributed by atoms with Gasteiger partial charge in [0.2, 0.25) is 0 Å². The number of anilines is 1. The van der Waals surface area contributed by atoms with Gasteiger partial charge in [0, 0.05) is 5.56 Å². The van der Waals surface area contributed by atoms with Gasteiger partial charge in [-0.2, -0.15) is 10.2 Å². The number of halogens is 1. The quantitative estimate of drug-likeness (QED) is 0.420. The van der Waals surface area contributed by atoms with Gasteiger partial charge in [0.1, 0.15) is 5.76 Å². The Morgan fingerprint density at radius 3 is 2.76 bits per heavy atom. The van der Waals surface area contributed by atoms with Crippen LogP contribution in [0, 0.1) is 3.77 Å². The van der Waals surface area contributed by atoms with Crippen LogP contribution in [0.4, 0.5) is 5.95 Å². The van der Waals surface area contributed by atoms with E-state index in [1.54, 1.807) is 12.4 Å². The van der Waals surface area contributed by atoms with Crippen LogP contribution in [0.1, 0.15) is 5.76 Å². The van der Waals surface area contributed by atoms with Crippen LogP contribution in [0.3, 0.4) is 0 Å². The first-order valence-electron chi connectivity index (χ1n) is 6.11. The predicted octanol–water partition coefficient (Wildman–Crippen LogP) is 3.18. The average Bonchev–Trinajstić information content (AvgIpc) is 2.94. The van der Waals surface area contributed by atoms with Crippen molar-refractivity contribution in [2.24, 2.45) is 5.10 Å². The van der Waals surface area contributed by atoms with Gasteiger partial charge < -0.3 is 4.42 Å². The number of hydrogen-bond acceptors (Lipinski definition) is 6. The highest BCUT2D eigenvalue weighted by atomic mass is 127. The molecule has 0 unspecified atom stereocenters. The zero-order valence-corrected chi connectivity index (χ0v) is 12.9. The fraction of sp³-hybridized carbons (Fsp3) is 0. The van der Waals surface area contributed by atoms with Crippen molar-refractivity contribution in [1.82, 2.24) is 15.2 Å². The van der Waals surface area contributed by atoms with Crippen molar-refractivity contribution in [3.8, 4) is 11.3 Å². The molecule has 0 amide bonds. The molecule has 0 fully saturated rings. The number of nitrogens with zero attached hydrogens (tertiary/aromatic N) is 4. The molecule has 0 saturated carbocycles. The Balaban J connectivity index is 1.73. The second-order valence-electron chi connectivity index (χ2n) is 4.04. The Labute approximate surface area is 134 Å². The summed E-state index contributed by atoms with van der Waals surface area (Å²) in [4.78, 5) is 4.35. The molecular weight excluding hydrogens is 381 g/mol. The second kappa shape index (κ2) is 6.44. The van der Waals surface area contributed by atoms with E-state index in [-0.39, 0.29) is 0 Å². The van der Waals surface area contributed by atoms with E-state index in [1.165, 1.54) is 0 Å². The summed E-state index contributed by atoms with van der Waals surface area (Å²) in [7, 11) is 0. The van der Waals surface area contributed by atoms with Crippen LogP contribution in [0.2, 0.25) is 0 Å². The fourth-order valence-corrected chi connectivity index (χ4v) is 2.08.